The van der Waals surface area contributed by atoms with Gasteiger partial charge in [-0.1, -0.05) is 30.3 Å². The molecule has 1 heterocycles. The van der Waals surface area contributed by atoms with Gasteiger partial charge in [0.2, 0.25) is 0 Å². The van der Waals surface area contributed by atoms with E-state index in [2.05, 4.69) is 0 Å². The fourth-order valence-electron chi connectivity index (χ4n) is 1.58. The van der Waals surface area contributed by atoms with Gasteiger partial charge in [-0.3, -0.25) is 0 Å². The summed E-state index contributed by atoms with van der Waals surface area (Å²) in [5.74, 6) is 1.91. The first-order valence-electron chi connectivity index (χ1n) is 5.42. The van der Waals surface area contributed by atoms with Gasteiger partial charge >= 0.3 is 5.97 Å². The Bertz CT molecular complexity index is 336. The van der Waals surface area contributed by atoms with Gasteiger partial charge in [0.05, 0.1) is 6.42 Å². The molecular formula is C12H15NO2S. The number of thioether (sulfide) groups is 1. The van der Waals surface area contributed by atoms with E-state index in [0.717, 1.165) is 30.2 Å². The van der Waals surface area contributed by atoms with Crippen molar-refractivity contribution in [3.8, 4) is 0 Å². The first-order chi connectivity index (χ1) is 7.84. The SMILES string of the molecule is O=C(Cc1ccccc1)ON1CCSCC1. The van der Waals surface area contributed by atoms with Crippen molar-refractivity contribution in [2.24, 2.45) is 0 Å². The first-order valence-corrected chi connectivity index (χ1v) is 6.57. The van der Waals surface area contributed by atoms with E-state index in [4.69, 9.17) is 4.84 Å². The molecule has 1 fully saturated rings. The molecule has 0 unspecified atom stereocenters. The summed E-state index contributed by atoms with van der Waals surface area (Å²) in [6.07, 6.45) is 0.352. The summed E-state index contributed by atoms with van der Waals surface area (Å²) < 4.78 is 0. The molecule has 0 bridgehead atoms. The molecule has 3 nitrogen and oxygen atoms in total. The van der Waals surface area contributed by atoms with Gasteiger partial charge in [0.1, 0.15) is 0 Å². The predicted octanol–water partition coefficient (Wildman–Crippen LogP) is 1.74. The van der Waals surface area contributed by atoms with E-state index in [1.807, 2.05) is 42.1 Å². The van der Waals surface area contributed by atoms with Crippen LogP contribution in [0.4, 0.5) is 0 Å². The van der Waals surface area contributed by atoms with E-state index < -0.39 is 0 Å². The minimum Gasteiger partial charge on any atom is -0.368 e. The van der Waals surface area contributed by atoms with Gasteiger partial charge in [-0.15, -0.1) is 5.06 Å². The summed E-state index contributed by atoms with van der Waals surface area (Å²) >= 11 is 1.90. The third-order valence-electron chi connectivity index (χ3n) is 2.39. The van der Waals surface area contributed by atoms with E-state index in [0.29, 0.717) is 6.42 Å². The molecule has 1 saturated heterocycles. The van der Waals surface area contributed by atoms with Gasteiger partial charge in [0, 0.05) is 24.6 Å². The summed E-state index contributed by atoms with van der Waals surface area (Å²) in [6.45, 7) is 1.68. The highest BCUT2D eigenvalue weighted by Crippen LogP contribution is 2.10. The van der Waals surface area contributed by atoms with E-state index in [1.165, 1.54) is 0 Å². The zero-order valence-corrected chi connectivity index (χ0v) is 9.91. The Labute approximate surface area is 99.7 Å². The number of benzene rings is 1. The van der Waals surface area contributed by atoms with Crippen LogP contribution in [0.3, 0.4) is 0 Å². The van der Waals surface area contributed by atoms with E-state index in [1.54, 1.807) is 5.06 Å². The molecule has 1 aliphatic heterocycles. The second kappa shape index (κ2) is 5.92. The average molecular weight is 237 g/mol. The lowest BCUT2D eigenvalue weighted by Gasteiger charge is -2.24. The van der Waals surface area contributed by atoms with Gasteiger partial charge in [0.15, 0.2) is 0 Å². The minimum atomic E-state index is -0.168. The fraction of sp³-hybridized carbons (Fsp3) is 0.417. The van der Waals surface area contributed by atoms with Crippen LogP contribution < -0.4 is 0 Å². The molecule has 1 aliphatic rings. The monoisotopic (exact) mass is 237 g/mol. The maximum atomic E-state index is 11.6. The molecule has 0 saturated carbocycles. The quantitative estimate of drug-likeness (QED) is 0.801. The van der Waals surface area contributed by atoms with Crippen LogP contribution in [-0.4, -0.2) is 35.6 Å². The Morgan fingerprint density at radius 3 is 2.62 bits per heavy atom. The van der Waals surface area contributed by atoms with Crippen molar-refractivity contribution in [2.45, 2.75) is 6.42 Å². The number of hydrogen-bond acceptors (Lipinski definition) is 4. The standard InChI is InChI=1S/C12H15NO2S/c14-12(10-11-4-2-1-3-5-11)15-13-6-8-16-9-7-13/h1-5H,6-10H2. The molecule has 0 aromatic heterocycles. The highest BCUT2D eigenvalue weighted by atomic mass is 32.2. The molecule has 2 rings (SSSR count). The van der Waals surface area contributed by atoms with Crippen molar-refractivity contribution in [3.05, 3.63) is 35.9 Å². The molecule has 0 radical (unpaired) electrons. The molecule has 1 aromatic carbocycles. The van der Waals surface area contributed by atoms with Crippen molar-refractivity contribution < 1.29 is 9.63 Å². The molecule has 0 aliphatic carbocycles. The second-order valence-electron chi connectivity index (χ2n) is 3.67. The van der Waals surface area contributed by atoms with Gasteiger partial charge in [-0.25, -0.2) is 4.79 Å². The zero-order chi connectivity index (χ0) is 11.2. The maximum absolute atomic E-state index is 11.6. The van der Waals surface area contributed by atoms with Gasteiger partial charge in [-0.2, -0.15) is 11.8 Å². The van der Waals surface area contributed by atoms with Gasteiger partial charge in [0.25, 0.3) is 0 Å². The largest absolute Gasteiger partial charge is 0.368 e. The van der Waals surface area contributed by atoms with Crippen LogP contribution in [0, 0.1) is 0 Å². The summed E-state index contributed by atoms with van der Waals surface area (Å²) in [6, 6.07) is 9.68. The molecule has 1 aromatic rings. The summed E-state index contributed by atoms with van der Waals surface area (Å²) in [4.78, 5) is 16.9. The number of nitrogens with zero attached hydrogens (tertiary/aromatic N) is 1. The smallest absolute Gasteiger partial charge is 0.329 e. The number of hydroxylamine groups is 2. The first kappa shape index (κ1) is 11.5. The highest BCUT2D eigenvalue weighted by molar-refractivity contribution is 7.99. The zero-order valence-electron chi connectivity index (χ0n) is 9.09. The summed E-state index contributed by atoms with van der Waals surface area (Å²) in [5, 5.41) is 1.77. The third kappa shape index (κ3) is 3.54. The summed E-state index contributed by atoms with van der Waals surface area (Å²) in [7, 11) is 0. The van der Waals surface area contributed by atoms with Crippen molar-refractivity contribution in [2.75, 3.05) is 24.6 Å². The van der Waals surface area contributed by atoms with Crippen LogP contribution in [-0.2, 0) is 16.1 Å². The van der Waals surface area contributed by atoms with Crippen LogP contribution in [0.1, 0.15) is 5.56 Å². The number of rotatable bonds is 3. The van der Waals surface area contributed by atoms with Crippen LogP contribution in [0.5, 0.6) is 0 Å². The maximum Gasteiger partial charge on any atom is 0.329 e. The number of hydrogen-bond donors (Lipinski definition) is 0. The van der Waals surface area contributed by atoms with Crippen LogP contribution >= 0.6 is 11.8 Å². The summed E-state index contributed by atoms with van der Waals surface area (Å²) in [5.41, 5.74) is 0.999. The molecule has 86 valence electrons. The lowest BCUT2D eigenvalue weighted by atomic mass is 10.2. The van der Waals surface area contributed by atoms with E-state index >= 15 is 0 Å². The van der Waals surface area contributed by atoms with E-state index in [-0.39, 0.29) is 5.97 Å². The predicted molar refractivity (Wildman–Crippen MR) is 65.1 cm³/mol. The Hall–Kier alpha value is -1.00. The molecule has 16 heavy (non-hydrogen) atoms. The normalized spacial score (nSPS) is 17.0. The van der Waals surface area contributed by atoms with Crippen molar-refractivity contribution in [1.82, 2.24) is 5.06 Å². The van der Waals surface area contributed by atoms with Crippen LogP contribution in [0.15, 0.2) is 30.3 Å². The van der Waals surface area contributed by atoms with E-state index in [9.17, 15) is 4.79 Å². The lowest BCUT2D eigenvalue weighted by Crippen LogP contribution is -2.35. The topological polar surface area (TPSA) is 29.5 Å². The fourth-order valence-corrected chi connectivity index (χ4v) is 2.45. The van der Waals surface area contributed by atoms with Gasteiger partial charge in [-0.05, 0) is 5.56 Å². The van der Waals surface area contributed by atoms with Crippen molar-refractivity contribution in [3.63, 3.8) is 0 Å². The number of carbonyl (C=O) groups excluding carboxylic acids is 1. The molecule has 0 spiro atoms. The van der Waals surface area contributed by atoms with Crippen LogP contribution in [0.25, 0.3) is 0 Å². The van der Waals surface area contributed by atoms with Gasteiger partial charge < -0.3 is 4.84 Å². The average Bonchev–Trinajstić information content (AvgIpc) is 2.31. The lowest BCUT2D eigenvalue weighted by molar-refractivity contribution is -0.187. The Morgan fingerprint density at radius 2 is 1.94 bits per heavy atom. The Kier molecular flexibility index (Phi) is 4.25. The molecule has 4 heteroatoms. The Morgan fingerprint density at radius 1 is 1.25 bits per heavy atom. The molecule has 0 N–H and O–H groups in total. The van der Waals surface area contributed by atoms with Crippen molar-refractivity contribution >= 4 is 17.7 Å². The number of carbonyl (C=O) groups is 1. The van der Waals surface area contributed by atoms with Crippen molar-refractivity contribution in [1.29, 1.82) is 0 Å². The third-order valence-corrected chi connectivity index (χ3v) is 3.33. The molecular weight excluding hydrogens is 222 g/mol. The Balaban J connectivity index is 1.80. The highest BCUT2D eigenvalue weighted by Gasteiger charge is 2.15. The molecule has 0 atom stereocenters. The second-order valence-corrected chi connectivity index (χ2v) is 4.89. The molecule has 0 amide bonds. The minimum absolute atomic E-state index is 0.168. The van der Waals surface area contributed by atoms with Crippen LogP contribution in [0.2, 0.25) is 0 Å².